The minimum Gasteiger partial charge on any atom is -0.282 e. The van der Waals surface area contributed by atoms with Gasteiger partial charge in [-0.15, -0.1) is 0 Å². The first kappa shape index (κ1) is 10.7. The van der Waals surface area contributed by atoms with E-state index in [4.69, 9.17) is 10.1 Å². The molecule has 0 bridgehead atoms. The van der Waals surface area contributed by atoms with Gasteiger partial charge in [0, 0.05) is 0 Å². The fraction of sp³-hybridized carbons (Fsp3) is 0. The van der Waals surface area contributed by atoms with Gasteiger partial charge in [-0.25, -0.2) is 5.53 Å². The van der Waals surface area contributed by atoms with Crippen LogP contribution in [0.5, 0.6) is 0 Å². The number of hydrogen-bond donors (Lipinski definition) is 2. The molecule has 0 heterocycles. The standard InChI is InChI=1S/C10H8N2O3S/c11-12-9-5-7-3-1-2-4-8(7)6-10(9)16(13,14)15/h1-6,11H,(H,13,14,15). The molecule has 2 rings (SSSR count). The summed E-state index contributed by atoms with van der Waals surface area (Å²) in [4.78, 5) is -0.346. The van der Waals surface area contributed by atoms with Gasteiger partial charge in [-0.05, 0) is 22.9 Å². The van der Waals surface area contributed by atoms with E-state index in [1.807, 2.05) is 0 Å². The lowest BCUT2D eigenvalue weighted by atomic mass is 10.1. The summed E-state index contributed by atoms with van der Waals surface area (Å²) in [6.07, 6.45) is 0. The molecule has 0 saturated carbocycles. The van der Waals surface area contributed by atoms with Gasteiger partial charge >= 0.3 is 0 Å². The second kappa shape index (κ2) is 3.66. The van der Waals surface area contributed by atoms with Gasteiger partial charge in [-0.3, -0.25) is 4.55 Å². The van der Waals surface area contributed by atoms with Crippen molar-refractivity contribution in [3.8, 4) is 0 Å². The summed E-state index contributed by atoms with van der Waals surface area (Å²) in [5, 5.41) is 4.53. The van der Waals surface area contributed by atoms with E-state index in [0.717, 1.165) is 5.39 Å². The molecule has 0 amide bonds. The van der Waals surface area contributed by atoms with E-state index < -0.39 is 10.1 Å². The van der Waals surface area contributed by atoms with Crippen LogP contribution in [0.3, 0.4) is 0 Å². The third kappa shape index (κ3) is 1.80. The highest BCUT2D eigenvalue weighted by Crippen LogP contribution is 2.29. The highest BCUT2D eigenvalue weighted by Gasteiger charge is 2.16. The Hall–Kier alpha value is -1.79. The van der Waals surface area contributed by atoms with Crippen molar-refractivity contribution in [2.45, 2.75) is 4.90 Å². The molecular formula is C10H8N2O3S. The van der Waals surface area contributed by atoms with Crippen molar-refractivity contribution in [1.29, 1.82) is 5.53 Å². The number of benzene rings is 2. The Balaban J connectivity index is 2.88. The predicted octanol–water partition coefficient (Wildman–Crippen LogP) is 2.75. The minimum atomic E-state index is -4.35. The third-order valence-electron chi connectivity index (χ3n) is 2.23. The van der Waals surface area contributed by atoms with Crippen LogP contribution in [-0.2, 0) is 10.1 Å². The van der Waals surface area contributed by atoms with Crippen LogP contribution in [0.15, 0.2) is 46.4 Å². The fourth-order valence-electron chi connectivity index (χ4n) is 1.50. The summed E-state index contributed by atoms with van der Waals surface area (Å²) < 4.78 is 31.1. The molecule has 2 aromatic rings. The molecule has 5 nitrogen and oxygen atoms in total. The Morgan fingerprint density at radius 3 is 2.19 bits per heavy atom. The highest BCUT2D eigenvalue weighted by molar-refractivity contribution is 7.86. The van der Waals surface area contributed by atoms with E-state index in [1.165, 1.54) is 12.1 Å². The largest absolute Gasteiger partial charge is 0.296 e. The van der Waals surface area contributed by atoms with Crippen LogP contribution < -0.4 is 0 Å². The number of nitrogens with zero attached hydrogens (tertiary/aromatic N) is 1. The Bertz CT molecular complexity index is 665. The SMILES string of the molecule is N=Nc1cc2ccccc2cc1S(=O)(=O)O. The molecule has 0 aromatic heterocycles. The summed E-state index contributed by atoms with van der Waals surface area (Å²) in [6, 6.07) is 9.80. The maximum atomic E-state index is 11.1. The molecule has 0 aliphatic carbocycles. The maximum Gasteiger partial charge on any atom is 0.296 e. The average Bonchev–Trinajstić information content (AvgIpc) is 2.26. The summed E-state index contributed by atoms with van der Waals surface area (Å²) >= 11 is 0. The van der Waals surface area contributed by atoms with Gasteiger partial charge in [0.2, 0.25) is 0 Å². The van der Waals surface area contributed by atoms with Crippen LogP contribution in [0.2, 0.25) is 0 Å². The fourth-order valence-corrected chi connectivity index (χ4v) is 2.15. The lowest BCUT2D eigenvalue weighted by Crippen LogP contribution is -1.98. The molecule has 2 N–H and O–H groups in total. The normalized spacial score (nSPS) is 11.6. The first-order chi connectivity index (χ1) is 7.52. The second-order valence-corrected chi connectivity index (χ2v) is 4.64. The maximum absolute atomic E-state index is 11.1. The van der Waals surface area contributed by atoms with Gasteiger partial charge in [0.15, 0.2) is 0 Å². The van der Waals surface area contributed by atoms with Crippen molar-refractivity contribution < 1.29 is 13.0 Å². The second-order valence-electron chi connectivity index (χ2n) is 3.25. The summed E-state index contributed by atoms with van der Waals surface area (Å²) in [5.41, 5.74) is 6.82. The highest BCUT2D eigenvalue weighted by atomic mass is 32.2. The first-order valence-electron chi connectivity index (χ1n) is 4.40. The lowest BCUT2D eigenvalue weighted by molar-refractivity contribution is 0.483. The zero-order chi connectivity index (χ0) is 11.8. The van der Waals surface area contributed by atoms with Crippen LogP contribution in [0.25, 0.3) is 10.8 Å². The van der Waals surface area contributed by atoms with E-state index in [1.54, 1.807) is 24.3 Å². The Labute approximate surface area is 92.0 Å². The molecule has 0 aliphatic rings. The quantitative estimate of drug-likeness (QED) is 0.620. The van der Waals surface area contributed by atoms with E-state index in [0.29, 0.717) is 5.39 Å². The molecule has 0 atom stereocenters. The molecule has 0 spiro atoms. The zero-order valence-electron chi connectivity index (χ0n) is 8.08. The van der Waals surface area contributed by atoms with Crippen LogP contribution in [-0.4, -0.2) is 13.0 Å². The molecule has 2 aromatic carbocycles. The van der Waals surface area contributed by atoms with Crippen LogP contribution in [0, 0.1) is 5.53 Å². The predicted molar refractivity (Wildman–Crippen MR) is 58.6 cm³/mol. The number of nitrogens with one attached hydrogen (secondary N) is 1. The summed E-state index contributed by atoms with van der Waals surface area (Å²) in [6.45, 7) is 0. The monoisotopic (exact) mass is 236 g/mol. The molecular weight excluding hydrogens is 228 g/mol. The molecule has 0 radical (unpaired) electrons. The molecule has 0 aliphatic heterocycles. The van der Waals surface area contributed by atoms with Crippen molar-refractivity contribution in [3.05, 3.63) is 36.4 Å². The Morgan fingerprint density at radius 1 is 1.12 bits per heavy atom. The smallest absolute Gasteiger partial charge is 0.282 e. The third-order valence-corrected chi connectivity index (χ3v) is 3.11. The number of hydrogen-bond acceptors (Lipinski definition) is 4. The lowest BCUT2D eigenvalue weighted by Gasteiger charge is -2.04. The minimum absolute atomic E-state index is 0.0683. The molecule has 0 unspecified atom stereocenters. The molecule has 6 heteroatoms. The zero-order valence-corrected chi connectivity index (χ0v) is 8.90. The van der Waals surface area contributed by atoms with Gasteiger partial charge in [0.1, 0.15) is 10.6 Å². The van der Waals surface area contributed by atoms with Gasteiger partial charge in [0.25, 0.3) is 10.1 Å². The van der Waals surface area contributed by atoms with Crippen LogP contribution in [0.1, 0.15) is 0 Å². The van der Waals surface area contributed by atoms with Crippen LogP contribution >= 0.6 is 0 Å². The number of rotatable bonds is 2. The van der Waals surface area contributed by atoms with Crippen LogP contribution in [0.4, 0.5) is 5.69 Å². The molecule has 0 saturated heterocycles. The Morgan fingerprint density at radius 2 is 1.69 bits per heavy atom. The Kier molecular flexibility index (Phi) is 2.45. The van der Waals surface area contributed by atoms with E-state index >= 15 is 0 Å². The summed E-state index contributed by atoms with van der Waals surface area (Å²) in [5.74, 6) is 0. The van der Waals surface area contributed by atoms with Gasteiger partial charge in [-0.2, -0.15) is 13.5 Å². The average molecular weight is 236 g/mol. The van der Waals surface area contributed by atoms with E-state index in [2.05, 4.69) is 5.11 Å². The van der Waals surface area contributed by atoms with Crippen molar-refractivity contribution >= 4 is 26.6 Å². The van der Waals surface area contributed by atoms with Gasteiger partial charge in [0.05, 0.1) is 0 Å². The molecule has 82 valence electrons. The topological polar surface area (TPSA) is 90.6 Å². The first-order valence-corrected chi connectivity index (χ1v) is 5.84. The number of fused-ring (bicyclic) bond motifs is 1. The van der Waals surface area contributed by atoms with E-state index in [-0.39, 0.29) is 10.6 Å². The van der Waals surface area contributed by atoms with Crippen molar-refractivity contribution in [2.24, 2.45) is 5.11 Å². The van der Waals surface area contributed by atoms with Gasteiger partial charge < -0.3 is 0 Å². The van der Waals surface area contributed by atoms with Gasteiger partial charge in [-0.1, -0.05) is 24.3 Å². The molecule has 16 heavy (non-hydrogen) atoms. The van der Waals surface area contributed by atoms with Crippen molar-refractivity contribution in [2.75, 3.05) is 0 Å². The van der Waals surface area contributed by atoms with Crippen molar-refractivity contribution in [1.82, 2.24) is 0 Å². The van der Waals surface area contributed by atoms with E-state index in [9.17, 15) is 8.42 Å². The van der Waals surface area contributed by atoms with Crippen molar-refractivity contribution in [3.63, 3.8) is 0 Å². The molecule has 0 fully saturated rings. The summed E-state index contributed by atoms with van der Waals surface area (Å²) in [7, 11) is -4.35.